The minimum Gasteiger partial charge on any atom is -0.306 e. The summed E-state index contributed by atoms with van der Waals surface area (Å²) in [6.07, 6.45) is 5.57. The standard InChI is InChI=1S/C16H18FN3/c1-20-10-4-5-12(11-20)15-16(19-9-8-18-15)13-6-2-3-7-14(13)17/h2-3,6-9,12H,4-5,10-11H2,1H3/t12-/m0/s1. The summed E-state index contributed by atoms with van der Waals surface area (Å²) in [6, 6.07) is 6.78. The zero-order chi connectivity index (χ0) is 13.9. The van der Waals surface area contributed by atoms with Gasteiger partial charge in [-0.1, -0.05) is 12.1 Å². The molecule has 1 aromatic heterocycles. The van der Waals surface area contributed by atoms with Crippen LogP contribution in [-0.2, 0) is 0 Å². The van der Waals surface area contributed by atoms with Crippen LogP contribution >= 0.6 is 0 Å². The number of likely N-dealkylation sites (tertiary alicyclic amines) is 1. The minimum absolute atomic E-state index is 0.238. The minimum atomic E-state index is -0.238. The van der Waals surface area contributed by atoms with Crippen molar-refractivity contribution in [3.8, 4) is 11.3 Å². The van der Waals surface area contributed by atoms with Gasteiger partial charge in [0.15, 0.2) is 0 Å². The fourth-order valence-corrected chi connectivity index (χ4v) is 2.90. The van der Waals surface area contributed by atoms with Gasteiger partial charge < -0.3 is 4.90 Å². The largest absolute Gasteiger partial charge is 0.306 e. The zero-order valence-electron chi connectivity index (χ0n) is 11.6. The normalized spacial score (nSPS) is 20.0. The summed E-state index contributed by atoms with van der Waals surface area (Å²) in [4.78, 5) is 11.2. The van der Waals surface area contributed by atoms with Crippen molar-refractivity contribution in [3.05, 3.63) is 48.2 Å². The lowest BCUT2D eigenvalue weighted by atomic mass is 9.91. The van der Waals surface area contributed by atoms with E-state index in [0.29, 0.717) is 17.2 Å². The van der Waals surface area contributed by atoms with Crippen molar-refractivity contribution in [2.24, 2.45) is 0 Å². The highest BCUT2D eigenvalue weighted by molar-refractivity contribution is 5.62. The molecular weight excluding hydrogens is 253 g/mol. The first kappa shape index (κ1) is 13.2. The van der Waals surface area contributed by atoms with Crippen LogP contribution in [0.3, 0.4) is 0 Å². The van der Waals surface area contributed by atoms with Gasteiger partial charge in [-0.15, -0.1) is 0 Å². The first-order chi connectivity index (χ1) is 9.75. The van der Waals surface area contributed by atoms with E-state index in [4.69, 9.17) is 0 Å². The predicted molar refractivity (Wildman–Crippen MR) is 76.9 cm³/mol. The summed E-state index contributed by atoms with van der Waals surface area (Å²) in [6.45, 7) is 2.08. The molecule has 0 bridgehead atoms. The second kappa shape index (κ2) is 5.67. The number of nitrogens with zero attached hydrogens (tertiary/aromatic N) is 3. The quantitative estimate of drug-likeness (QED) is 0.840. The predicted octanol–water partition coefficient (Wildman–Crippen LogP) is 3.09. The van der Waals surface area contributed by atoms with Gasteiger partial charge in [0, 0.05) is 30.4 Å². The Labute approximate surface area is 118 Å². The molecule has 20 heavy (non-hydrogen) atoms. The van der Waals surface area contributed by atoms with Gasteiger partial charge in [0.25, 0.3) is 0 Å². The average molecular weight is 271 g/mol. The molecule has 0 saturated carbocycles. The van der Waals surface area contributed by atoms with Gasteiger partial charge in [-0.3, -0.25) is 9.97 Å². The van der Waals surface area contributed by atoms with E-state index in [1.807, 2.05) is 6.07 Å². The van der Waals surface area contributed by atoms with Gasteiger partial charge in [0.2, 0.25) is 0 Å². The number of aromatic nitrogens is 2. The van der Waals surface area contributed by atoms with Gasteiger partial charge >= 0.3 is 0 Å². The second-order valence-corrected chi connectivity index (χ2v) is 5.37. The van der Waals surface area contributed by atoms with E-state index in [9.17, 15) is 4.39 Å². The average Bonchev–Trinajstić information content (AvgIpc) is 2.48. The van der Waals surface area contributed by atoms with Crippen molar-refractivity contribution in [1.82, 2.24) is 14.9 Å². The molecule has 104 valence electrons. The van der Waals surface area contributed by atoms with Crippen LogP contribution in [0.25, 0.3) is 11.3 Å². The van der Waals surface area contributed by atoms with Crippen molar-refractivity contribution >= 4 is 0 Å². The Morgan fingerprint density at radius 3 is 2.80 bits per heavy atom. The topological polar surface area (TPSA) is 29.0 Å². The van der Waals surface area contributed by atoms with E-state index >= 15 is 0 Å². The number of hydrogen-bond donors (Lipinski definition) is 0. The number of benzene rings is 1. The van der Waals surface area contributed by atoms with Crippen molar-refractivity contribution in [2.75, 3.05) is 20.1 Å². The summed E-state index contributed by atoms with van der Waals surface area (Å²) in [7, 11) is 2.12. The monoisotopic (exact) mass is 271 g/mol. The molecule has 2 heterocycles. The molecule has 0 amide bonds. The highest BCUT2D eigenvalue weighted by Crippen LogP contribution is 2.32. The molecule has 3 rings (SSSR count). The molecule has 1 saturated heterocycles. The Bertz CT molecular complexity index is 600. The number of rotatable bonds is 2. The molecule has 3 nitrogen and oxygen atoms in total. The summed E-state index contributed by atoms with van der Waals surface area (Å²) < 4.78 is 14.0. The highest BCUT2D eigenvalue weighted by Gasteiger charge is 2.24. The third-order valence-electron chi connectivity index (χ3n) is 3.87. The highest BCUT2D eigenvalue weighted by atomic mass is 19.1. The number of hydrogen-bond acceptors (Lipinski definition) is 3. The first-order valence-electron chi connectivity index (χ1n) is 7.00. The van der Waals surface area contributed by atoms with Gasteiger partial charge in [-0.2, -0.15) is 0 Å². The van der Waals surface area contributed by atoms with Crippen molar-refractivity contribution < 1.29 is 4.39 Å². The Morgan fingerprint density at radius 1 is 1.20 bits per heavy atom. The molecule has 1 aliphatic heterocycles. The number of halogens is 1. The summed E-state index contributed by atoms with van der Waals surface area (Å²) in [5, 5.41) is 0. The van der Waals surface area contributed by atoms with Crippen LogP contribution in [0.5, 0.6) is 0 Å². The van der Waals surface area contributed by atoms with Gasteiger partial charge in [0.05, 0.1) is 11.4 Å². The Balaban J connectivity index is 2.02. The van der Waals surface area contributed by atoms with E-state index in [1.165, 1.54) is 6.07 Å². The van der Waals surface area contributed by atoms with Crippen LogP contribution < -0.4 is 0 Å². The van der Waals surface area contributed by atoms with Gasteiger partial charge in [0.1, 0.15) is 5.82 Å². The lowest BCUT2D eigenvalue weighted by Crippen LogP contribution is -2.31. The lowest BCUT2D eigenvalue weighted by molar-refractivity contribution is 0.248. The molecule has 1 aliphatic rings. The molecule has 0 radical (unpaired) electrons. The molecule has 0 spiro atoms. The molecule has 4 heteroatoms. The van der Waals surface area contributed by atoms with Crippen LogP contribution in [0, 0.1) is 5.82 Å². The van der Waals surface area contributed by atoms with Crippen molar-refractivity contribution in [2.45, 2.75) is 18.8 Å². The third kappa shape index (κ3) is 2.56. The third-order valence-corrected chi connectivity index (χ3v) is 3.87. The fraction of sp³-hybridized carbons (Fsp3) is 0.375. The van der Waals surface area contributed by atoms with E-state index in [0.717, 1.165) is 31.6 Å². The van der Waals surface area contributed by atoms with E-state index in [2.05, 4.69) is 21.9 Å². The first-order valence-corrected chi connectivity index (χ1v) is 7.00. The Hall–Kier alpha value is -1.81. The van der Waals surface area contributed by atoms with Crippen LogP contribution in [0.15, 0.2) is 36.7 Å². The van der Waals surface area contributed by atoms with Crippen LogP contribution in [0.1, 0.15) is 24.5 Å². The summed E-state index contributed by atoms with van der Waals surface area (Å²) >= 11 is 0. The second-order valence-electron chi connectivity index (χ2n) is 5.37. The van der Waals surface area contributed by atoms with Crippen LogP contribution in [0.4, 0.5) is 4.39 Å². The van der Waals surface area contributed by atoms with E-state index < -0.39 is 0 Å². The molecule has 1 atom stereocenters. The van der Waals surface area contributed by atoms with Gasteiger partial charge in [-0.05, 0) is 38.6 Å². The van der Waals surface area contributed by atoms with Crippen LogP contribution in [0.2, 0.25) is 0 Å². The lowest BCUT2D eigenvalue weighted by Gasteiger charge is -2.30. The zero-order valence-corrected chi connectivity index (χ0v) is 11.6. The molecule has 1 fully saturated rings. The van der Waals surface area contributed by atoms with Gasteiger partial charge in [-0.25, -0.2) is 4.39 Å². The molecule has 0 N–H and O–H groups in total. The maximum Gasteiger partial charge on any atom is 0.132 e. The summed E-state index contributed by atoms with van der Waals surface area (Å²) in [5.74, 6) is 0.0930. The molecule has 0 unspecified atom stereocenters. The fourth-order valence-electron chi connectivity index (χ4n) is 2.90. The van der Waals surface area contributed by atoms with Crippen molar-refractivity contribution in [1.29, 1.82) is 0 Å². The Kier molecular flexibility index (Phi) is 3.74. The number of piperidine rings is 1. The molecule has 2 aromatic rings. The van der Waals surface area contributed by atoms with Crippen LogP contribution in [-0.4, -0.2) is 35.0 Å². The van der Waals surface area contributed by atoms with Crippen molar-refractivity contribution in [3.63, 3.8) is 0 Å². The molecular formula is C16H18FN3. The SMILES string of the molecule is CN1CCC[C@H](c2nccnc2-c2ccccc2F)C1. The van der Waals surface area contributed by atoms with E-state index in [1.54, 1.807) is 24.5 Å². The summed E-state index contributed by atoms with van der Waals surface area (Å²) in [5.41, 5.74) is 2.15. The molecule has 1 aromatic carbocycles. The maximum absolute atomic E-state index is 14.0. The van der Waals surface area contributed by atoms with E-state index in [-0.39, 0.29) is 5.82 Å². The number of likely N-dealkylation sites (N-methyl/N-ethyl adjacent to an activating group) is 1. The molecule has 0 aliphatic carbocycles. The maximum atomic E-state index is 14.0. The Morgan fingerprint density at radius 2 is 2.00 bits per heavy atom. The smallest absolute Gasteiger partial charge is 0.132 e.